The number of methoxy groups -OCH3 is 1. The quantitative estimate of drug-likeness (QED) is 0.657. The first-order chi connectivity index (χ1) is 13.1. The molecule has 7 heteroatoms. The van der Waals surface area contributed by atoms with Crippen LogP contribution in [-0.4, -0.2) is 35.7 Å². The summed E-state index contributed by atoms with van der Waals surface area (Å²) in [6, 6.07) is 9.64. The number of nitrogens with zero attached hydrogens (tertiary/aromatic N) is 4. The lowest BCUT2D eigenvalue weighted by atomic mass is 10.2. The number of aryl methyl sites for hydroxylation is 1. The first-order valence-corrected chi connectivity index (χ1v) is 8.99. The molecular weight excluding hydrogens is 362 g/mol. The SMILES string of the molecule is COc1cc(Cl)c(C)cc1Nc1nccc(N(C)CCc2ccncc2)n1. The third kappa shape index (κ3) is 4.86. The number of benzene rings is 1. The Morgan fingerprint density at radius 3 is 2.67 bits per heavy atom. The Hall–Kier alpha value is -2.86. The van der Waals surface area contributed by atoms with Crippen LogP contribution < -0.4 is 15.0 Å². The van der Waals surface area contributed by atoms with Crippen molar-refractivity contribution in [3.63, 3.8) is 0 Å². The van der Waals surface area contributed by atoms with Gasteiger partial charge in [0.15, 0.2) is 0 Å². The minimum Gasteiger partial charge on any atom is -0.495 e. The first-order valence-electron chi connectivity index (χ1n) is 8.61. The first kappa shape index (κ1) is 18.9. The molecule has 1 aromatic carbocycles. The molecule has 1 N–H and O–H groups in total. The lowest BCUT2D eigenvalue weighted by Gasteiger charge is -2.19. The fourth-order valence-electron chi connectivity index (χ4n) is 2.63. The van der Waals surface area contributed by atoms with Gasteiger partial charge in [0.2, 0.25) is 5.95 Å². The van der Waals surface area contributed by atoms with E-state index in [2.05, 4.69) is 25.2 Å². The van der Waals surface area contributed by atoms with Crippen LogP contribution in [0.5, 0.6) is 5.75 Å². The van der Waals surface area contributed by atoms with Crippen molar-refractivity contribution in [1.29, 1.82) is 0 Å². The number of ether oxygens (including phenoxy) is 1. The van der Waals surface area contributed by atoms with Crippen LogP contribution in [0.3, 0.4) is 0 Å². The Morgan fingerprint density at radius 1 is 1.15 bits per heavy atom. The molecule has 0 aliphatic carbocycles. The average Bonchev–Trinajstić information content (AvgIpc) is 2.69. The number of rotatable bonds is 7. The summed E-state index contributed by atoms with van der Waals surface area (Å²) in [5, 5.41) is 3.88. The molecule has 0 fully saturated rings. The van der Waals surface area contributed by atoms with Gasteiger partial charge in [-0.1, -0.05) is 11.6 Å². The van der Waals surface area contributed by atoms with Crippen LogP contribution in [0.15, 0.2) is 48.9 Å². The molecular formula is C20H22ClN5O. The zero-order chi connectivity index (χ0) is 19.2. The molecule has 0 aliphatic rings. The summed E-state index contributed by atoms with van der Waals surface area (Å²) < 4.78 is 5.40. The maximum Gasteiger partial charge on any atom is 0.229 e. The molecule has 6 nitrogen and oxygen atoms in total. The summed E-state index contributed by atoms with van der Waals surface area (Å²) in [7, 11) is 3.62. The largest absolute Gasteiger partial charge is 0.495 e. The van der Waals surface area contributed by atoms with Gasteiger partial charge in [-0.05, 0) is 48.7 Å². The number of pyridine rings is 1. The van der Waals surface area contributed by atoms with Crippen LogP contribution in [-0.2, 0) is 6.42 Å². The molecule has 0 bridgehead atoms. The molecule has 0 atom stereocenters. The van der Waals surface area contributed by atoms with Crippen LogP contribution >= 0.6 is 11.6 Å². The van der Waals surface area contributed by atoms with Gasteiger partial charge in [-0.15, -0.1) is 0 Å². The molecule has 0 amide bonds. The second-order valence-corrected chi connectivity index (χ2v) is 6.60. The highest BCUT2D eigenvalue weighted by Crippen LogP contribution is 2.32. The number of hydrogen-bond acceptors (Lipinski definition) is 6. The summed E-state index contributed by atoms with van der Waals surface area (Å²) >= 11 is 6.17. The Kier molecular flexibility index (Phi) is 6.08. The van der Waals surface area contributed by atoms with Gasteiger partial charge in [-0.25, -0.2) is 4.98 Å². The van der Waals surface area contributed by atoms with E-state index in [1.807, 2.05) is 50.6 Å². The molecule has 140 valence electrons. The number of anilines is 3. The molecule has 0 radical (unpaired) electrons. The monoisotopic (exact) mass is 383 g/mol. The molecule has 0 saturated heterocycles. The van der Waals surface area contributed by atoms with Crippen LogP contribution in [0.25, 0.3) is 0 Å². The van der Waals surface area contributed by atoms with Gasteiger partial charge in [0.25, 0.3) is 0 Å². The number of nitrogens with one attached hydrogen (secondary N) is 1. The predicted molar refractivity (Wildman–Crippen MR) is 109 cm³/mol. The standard InChI is InChI=1S/C20H22ClN5O/c1-14-12-17(18(27-3)13-16(14)21)24-20-23-10-6-19(25-20)26(2)11-7-15-4-8-22-9-5-15/h4-6,8-10,12-13H,7,11H2,1-3H3,(H,23,24,25). The molecule has 3 aromatic rings. The number of aromatic nitrogens is 3. The number of hydrogen-bond donors (Lipinski definition) is 1. The number of likely N-dealkylation sites (N-methyl/N-ethyl adjacent to an activating group) is 1. The van der Waals surface area contributed by atoms with Crippen molar-refractivity contribution < 1.29 is 4.74 Å². The highest BCUT2D eigenvalue weighted by molar-refractivity contribution is 6.31. The Labute approximate surface area is 164 Å². The highest BCUT2D eigenvalue weighted by Gasteiger charge is 2.10. The minimum atomic E-state index is 0.503. The van der Waals surface area contributed by atoms with E-state index >= 15 is 0 Å². The van der Waals surface area contributed by atoms with Gasteiger partial charge in [-0.2, -0.15) is 4.98 Å². The summed E-state index contributed by atoms with van der Waals surface area (Å²) in [5.41, 5.74) is 2.97. The van der Waals surface area contributed by atoms with E-state index in [-0.39, 0.29) is 0 Å². The fraction of sp³-hybridized carbons (Fsp3) is 0.250. The normalized spacial score (nSPS) is 10.5. The third-order valence-corrected chi connectivity index (χ3v) is 4.65. The summed E-state index contributed by atoms with van der Waals surface area (Å²) in [5.74, 6) is 1.99. The van der Waals surface area contributed by atoms with Crippen LogP contribution in [0.4, 0.5) is 17.5 Å². The van der Waals surface area contributed by atoms with Crippen molar-refractivity contribution in [3.8, 4) is 5.75 Å². The van der Waals surface area contributed by atoms with Gasteiger partial charge >= 0.3 is 0 Å². The Morgan fingerprint density at radius 2 is 1.93 bits per heavy atom. The Bertz CT molecular complexity index is 904. The van der Waals surface area contributed by atoms with E-state index in [0.717, 1.165) is 30.0 Å². The van der Waals surface area contributed by atoms with Gasteiger partial charge in [0, 0.05) is 43.3 Å². The lowest BCUT2D eigenvalue weighted by molar-refractivity contribution is 0.416. The van der Waals surface area contributed by atoms with E-state index in [9.17, 15) is 0 Å². The molecule has 3 rings (SSSR count). The van der Waals surface area contributed by atoms with Crippen LogP contribution in [0.2, 0.25) is 5.02 Å². The van der Waals surface area contributed by atoms with E-state index < -0.39 is 0 Å². The van der Waals surface area contributed by atoms with E-state index in [4.69, 9.17) is 16.3 Å². The van der Waals surface area contributed by atoms with Crippen LogP contribution in [0.1, 0.15) is 11.1 Å². The lowest BCUT2D eigenvalue weighted by Crippen LogP contribution is -2.21. The van der Waals surface area contributed by atoms with E-state index in [1.165, 1.54) is 5.56 Å². The maximum absolute atomic E-state index is 6.17. The van der Waals surface area contributed by atoms with Crippen molar-refractivity contribution in [2.24, 2.45) is 0 Å². The van der Waals surface area contributed by atoms with Crippen molar-refractivity contribution in [1.82, 2.24) is 15.0 Å². The maximum atomic E-state index is 6.17. The van der Waals surface area contributed by atoms with Crippen molar-refractivity contribution in [2.75, 3.05) is 30.9 Å². The molecule has 0 unspecified atom stereocenters. The van der Waals surface area contributed by atoms with Gasteiger partial charge in [0.1, 0.15) is 11.6 Å². The number of halogens is 1. The van der Waals surface area contributed by atoms with Gasteiger partial charge < -0.3 is 15.0 Å². The fourth-order valence-corrected chi connectivity index (χ4v) is 2.79. The summed E-state index contributed by atoms with van der Waals surface area (Å²) in [6.07, 6.45) is 6.27. The zero-order valence-corrected chi connectivity index (χ0v) is 16.4. The zero-order valence-electron chi connectivity index (χ0n) is 15.6. The van der Waals surface area contributed by atoms with Crippen molar-refractivity contribution >= 4 is 29.1 Å². The van der Waals surface area contributed by atoms with Gasteiger partial charge in [0.05, 0.1) is 12.8 Å². The smallest absolute Gasteiger partial charge is 0.229 e. The molecule has 2 heterocycles. The molecule has 27 heavy (non-hydrogen) atoms. The summed E-state index contributed by atoms with van der Waals surface area (Å²) in [4.78, 5) is 15.1. The second kappa shape index (κ2) is 8.68. The molecule has 0 spiro atoms. The van der Waals surface area contributed by atoms with Crippen LogP contribution in [0, 0.1) is 6.92 Å². The van der Waals surface area contributed by atoms with E-state index in [0.29, 0.717) is 16.7 Å². The van der Waals surface area contributed by atoms with Gasteiger partial charge in [-0.3, -0.25) is 4.98 Å². The highest BCUT2D eigenvalue weighted by atomic mass is 35.5. The topological polar surface area (TPSA) is 63.2 Å². The average molecular weight is 384 g/mol. The van der Waals surface area contributed by atoms with Crippen molar-refractivity contribution in [2.45, 2.75) is 13.3 Å². The summed E-state index contributed by atoms with van der Waals surface area (Å²) in [6.45, 7) is 2.78. The molecule has 0 saturated carbocycles. The Balaban J connectivity index is 1.73. The molecule has 0 aliphatic heterocycles. The van der Waals surface area contributed by atoms with E-state index in [1.54, 1.807) is 19.4 Å². The second-order valence-electron chi connectivity index (χ2n) is 6.19. The van der Waals surface area contributed by atoms with Crippen molar-refractivity contribution in [3.05, 3.63) is 65.1 Å². The molecule has 2 aromatic heterocycles. The minimum absolute atomic E-state index is 0.503. The predicted octanol–water partition coefficient (Wildman–Crippen LogP) is 4.26. The third-order valence-electron chi connectivity index (χ3n) is 4.24.